The summed E-state index contributed by atoms with van der Waals surface area (Å²) < 4.78 is 73.5. The molecule has 210 valence electrons. The molecule has 0 spiro atoms. The quantitative estimate of drug-likeness (QED) is 0.439. The van der Waals surface area contributed by atoms with Crippen LogP contribution in [0.4, 0.5) is 15.8 Å². The van der Waals surface area contributed by atoms with E-state index < -0.39 is 56.1 Å². The second-order valence-corrected chi connectivity index (χ2v) is 13.0. The summed E-state index contributed by atoms with van der Waals surface area (Å²) in [7, 11) is -6.65. The number of nitrogens with zero attached hydrogens (tertiary/aromatic N) is 2. The number of ether oxygens (including phenoxy) is 1. The van der Waals surface area contributed by atoms with Gasteiger partial charge >= 0.3 is 5.97 Å². The Morgan fingerprint density at radius 2 is 1.97 bits per heavy atom. The van der Waals surface area contributed by atoms with Crippen molar-refractivity contribution in [3.8, 4) is 0 Å². The summed E-state index contributed by atoms with van der Waals surface area (Å²) in [4.78, 5) is 27.3. The molecule has 1 heterocycles. The molecule has 2 unspecified atom stereocenters. The molecular formula is C24H26ClFN4O7S2. The third-order valence-electron chi connectivity index (χ3n) is 6.43. The second kappa shape index (κ2) is 11.1. The standard InChI is InChI=1S/C24H26ClFN4O7S2/c1-37-24(32)16-4-3-5-20(16)30(13-14-6-8-18(26)17(25)10-14)23(31)12-22-27-19-9-7-15(28-38(2,33)34)11-21(19)39(35,36)29-22/h6-11,16,20,28H,3-5,12-13H2,1-2H3,(H,27,29). The minimum absolute atomic E-state index is 0.00582. The highest BCUT2D eigenvalue weighted by atomic mass is 35.5. The van der Waals surface area contributed by atoms with Crippen molar-refractivity contribution >= 4 is 60.7 Å². The van der Waals surface area contributed by atoms with Crippen molar-refractivity contribution in [3.05, 3.63) is 52.8 Å². The highest BCUT2D eigenvalue weighted by molar-refractivity contribution is 7.92. The van der Waals surface area contributed by atoms with E-state index in [0.717, 1.165) is 12.3 Å². The van der Waals surface area contributed by atoms with E-state index in [-0.39, 0.29) is 33.7 Å². The molecular weight excluding hydrogens is 575 g/mol. The lowest BCUT2D eigenvalue weighted by atomic mass is 10.0. The molecule has 39 heavy (non-hydrogen) atoms. The van der Waals surface area contributed by atoms with E-state index in [4.69, 9.17) is 16.3 Å². The zero-order valence-corrected chi connectivity index (χ0v) is 23.4. The van der Waals surface area contributed by atoms with Crippen molar-refractivity contribution in [2.24, 2.45) is 10.3 Å². The first-order chi connectivity index (χ1) is 18.3. The SMILES string of the molecule is COC(=O)C1CCCC1N(Cc1ccc(F)c(Cl)c1)C(=O)CC1=NS(=O)(=O)c2cc(NS(C)(=O)=O)ccc2N1. The molecule has 1 fully saturated rings. The third kappa shape index (κ3) is 6.68. The average Bonchev–Trinajstić information content (AvgIpc) is 3.33. The van der Waals surface area contributed by atoms with Gasteiger partial charge in [-0.1, -0.05) is 24.1 Å². The fraction of sp³-hybridized carbons (Fsp3) is 0.375. The predicted octanol–water partition coefficient (Wildman–Crippen LogP) is 3.12. The summed E-state index contributed by atoms with van der Waals surface area (Å²) >= 11 is 5.93. The van der Waals surface area contributed by atoms with Gasteiger partial charge in [0, 0.05) is 18.3 Å². The Labute approximate surface area is 230 Å². The van der Waals surface area contributed by atoms with Gasteiger partial charge in [-0.3, -0.25) is 14.3 Å². The molecule has 2 aromatic rings. The average molecular weight is 601 g/mol. The maximum Gasteiger partial charge on any atom is 0.310 e. The molecule has 1 amide bonds. The van der Waals surface area contributed by atoms with Gasteiger partial charge in [-0.2, -0.15) is 8.42 Å². The molecule has 4 rings (SSSR count). The highest BCUT2D eigenvalue weighted by Gasteiger charge is 2.40. The first-order valence-corrected chi connectivity index (χ1v) is 15.5. The molecule has 1 aliphatic heterocycles. The molecule has 0 bridgehead atoms. The van der Waals surface area contributed by atoms with Crippen molar-refractivity contribution in [3.63, 3.8) is 0 Å². The van der Waals surface area contributed by atoms with Crippen LogP contribution in [0, 0.1) is 11.7 Å². The number of sulfonamides is 2. The molecule has 11 nitrogen and oxygen atoms in total. The Hall–Kier alpha value is -3.23. The lowest BCUT2D eigenvalue weighted by Crippen LogP contribution is -2.45. The zero-order valence-electron chi connectivity index (χ0n) is 21.0. The highest BCUT2D eigenvalue weighted by Crippen LogP contribution is 2.34. The van der Waals surface area contributed by atoms with Crippen LogP contribution in [0.5, 0.6) is 0 Å². The Balaban J connectivity index is 1.62. The molecule has 0 saturated heterocycles. The van der Waals surface area contributed by atoms with E-state index >= 15 is 0 Å². The van der Waals surface area contributed by atoms with Gasteiger partial charge in [-0.15, -0.1) is 4.40 Å². The van der Waals surface area contributed by atoms with Crippen LogP contribution in [0.3, 0.4) is 0 Å². The van der Waals surface area contributed by atoms with Crippen LogP contribution >= 0.6 is 11.6 Å². The summed E-state index contributed by atoms with van der Waals surface area (Å²) in [6, 6.07) is 7.37. The Morgan fingerprint density at radius 1 is 1.23 bits per heavy atom. The normalized spacial score (nSPS) is 19.8. The van der Waals surface area contributed by atoms with Gasteiger partial charge in [-0.25, -0.2) is 12.8 Å². The number of halogens is 2. The van der Waals surface area contributed by atoms with E-state index in [1.165, 1.54) is 42.3 Å². The number of esters is 1. The molecule has 2 aliphatic rings. The lowest BCUT2D eigenvalue weighted by molar-refractivity contribution is -0.149. The summed E-state index contributed by atoms with van der Waals surface area (Å²) in [5.41, 5.74) is 0.681. The van der Waals surface area contributed by atoms with E-state index in [1.807, 2.05) is 0 Å². The minimum atomic E-state index is -4.27. The van der Waals surface area contributed by atoms with Crippen molar-refractivity contribution in [2.45, 2.75) is 43.2 Å². The number of hydrogen-bond acceptors (Lipinski definition) is 8. The first-order valence-electron chi connectivity index (χ1n) is 11.8. The topological polar surface area (TPSA) is 151 Å². The number of fused-ring (bicyclic) bond motifs is 1. The van der Waals surface area contributed by atoms with Crippen LogP contribution in [-0.2, 0) is 40.9 Å². The van der Waals surface area contributed by atoms with Crippen LogP contribution in [0.2, 0.25) is 5.02 Å². The number of hydrogen-bond donors (Lipinski definition) is 2. The maximum atomic E-state index is 13.7. The van der Waals surface area contributed by atoms with E-state index in [2.05, 4.69) is 14.4 Å². The van der Waals surface area contributed by atoms with Crippen molar-refractivity contribution in [2.75, 3.05) is 23.4 Å². The van der Waals surface area contributed by atoms with Gasteiger partial charge in [0.05, 0.1) is 36.4 Å². The number of methoxy groups -OCH3 is 1. The van der Waals surface area contributed by atoms with Gasteiger partial charge in [0.15, 0.2) is 0 Å². The number of carbonyl (C=O) groups is 2. The summed E-state index contributed by atoms with van der Waals surface area (Å²) in [6.45, 7) is -0.00582. The molecule has 0 radical (unpaired) electrons. The van der Waals surface area contributed by atoms with Crippen LogP contribution in [0.15, 0.2) is 45.7 Å². The fourth-order valence-electron chi connectivity index (χ4n) is 4.78. The van der Waals surface area contributed by atoms with Crippen LogP contribution in [0.25, 0.3) is 0 Å². The number of nitrogens with one attached hydrogen (secondary N) is 2. The van der Waals surface area contributed by atoms with Crippen molar-refractivity contribution in [1.82, 2.24) is 4.90 Å². The maximum absolute atomic E-state index is 13.7. The molecule has 2 atom stereocenters. The zero-order chi connectivity index (χ0) is 28.5. The second-order valence-electron chi connectivity index (χ2n) is 9.30. The molecule has 2 N–H and O–H groups in total. The van der Waals surface area contributed by atoms with Gasteiger partial charge in [0.25, 0.3) is 10.0 Å². The summed E-state index contributed by atoms with van der Waals surface area (Å²) in [5.74, 6) is -2.33. The predicted molar refractivity (Wildman–Crippen MR) is 143 cm³/mol. The molecule has 0 aromatic heterocycles. The Bertz CT molecular complexity index is 1560. The summed E-state index contributed by atoms with van der Waals surface area (Å²) in [6.07, 6.45) is 2.18. The van der Waals surface area contributed by atoms with Gasteiger partial charge in [0.2, 0.25) is 15.9 Å². The molecule has 2 aromatic carbocycles. The largest absolute Gasteiger partial charge is 0.469 e. The lowest BCUT2D eigenvalue weighted by Gasteiger charge is -2.33. The van der Waals surface area contributed by atoms with Crippen LogP contribution in [0.1, 0.15) is 31.2 Å². The van der Waals surface area contributed by atoms with Crippen LogP contribution in [-0.4, -0.2) is 58.9 Å². The number of carbonyl (C=O) groups excluding carboxylic acids is 2. The first kappa shape index (κ1) is 28.8. The van der Waals surface area contributed by atoms with E-state index in [1.54, 1.807) is 0 Å². The molecule has 1 saturated carbocycles. The van der Waals surface area contributed by atoms with Gasteiger partial charge in [-0.05, 0) is 48.7 Å². The van der Waals surface area contributed by atoms with Gasteiger partial charge < -0.3 is 15.0 Å². The minimum Gasteiger partial charge on any atom is -0.469 e. The summed E-state index contributed by atoms with van der Waals surface area (Å²) in [5, 5.41) is 2.70. The Morgan fingerprint density at radius 3 is 2.64 bits per heavy atom. The van der Waals surface area contributed by atoms with E-state index in [0.29, 0.717) is 24.8 Å². The van der Waals surface area contributed by atoms with Gasteiger partial charge in [0.1, 0.15) is 16.5 Å². The Kier molecular flexibility index (Phi) is 8.19. The number of anilines is 2. The number of benzene rings is 2. The fourth-order valence-corrected chi connectivity index (χ4v) is 6.71. The van der Waals surface area contributed by atoms with Crippen molar-refractivity contribution < 1.29 is 35.6 Å². The number of amidine groups is 1. The third-order valence-corrected chi connectivity index (χ3v) is 8.68. The number of rotatable bonds is 8. The van der Waals surface area contributed by atoms with Crippen LogP contribution < -0.4 is 10.0 Å². The molecule has 1 aliphatic carbocycles. The molecule has 15 heteroatoms. The monoisotopic (exact) mass is 600 g/mol. The number of amides is 1. The smallest absolute Gasteiger partial charge is 0.310 e. The van der Waals surface area contributed by atoms with E-state index in [9.17, 15) is 30.8 Å². The van der Waals surface area contributed by atoms with Crippen molar-refractivity contribution in [1.29, 1.82) is 0 Å².